The molecule has 0 amide bonds. The Bertz CT molecular complexity index is 386. The minimum Gasteiger partial charge on any atom is -0.253 e. The maximum Gasteiger partial charge on any atom is 0.438 e. The van der Waals surface area contributed by atoms with Crippen LogP contribution in [0, 0.1) is 0 Å². The number of nitrogens with one attached hydrogen (secondary N) is 1. The third kappa shape index (κ3) is 5.10. The summed E-state index contributed by atoms with van der Waals surface area (Å²) in [4.78, 5) is 0. The fourth-order valence-electron chi connectivity index (χ4n) is 1.99. The third-order valence-electron chi connectivity index (χ3n) is 3.49. The van der Waals surface area contributed by atoms with E-state index in [4.69, 9.17) is 0 Å². The van der Waals surface area contributed by atoms with Crippen LogP contribution in [0.2, 0.25) is 0 Å². The van der Waals surface area contributed by atoms with E-state index < -0.39 is 36.5 Å². The molecule has 0 aliphatic carbocycles. The second-order valence-corrected chi connectivity index (χ2v) is 5.50. The second kappa shape index (κ2) is 8.26. The van der Waals surface area contributed by atoms with Gasteiger partial charge in [-0.3, -0.25) is 5.32 Å². The van der Waals surface area contributed by atoms with Crippen molar-refractivity contribution in [3.63, 3.8) is 0 Å². The Labute approximate surface area is 136 Å². The smallest absolute Gasteiger partial charge is 0.253 e. The first-order valence-corrected chi connectivity index (χ1v) is 7.39. The lowest BCUT2D eigenvalue weighted by Crippen LogP contribution is -2.72. The highest BCUT2D eigenvalue weighted by Crippen LogP contribution is 2.58. The Balaban J connectivity index is 5.12. The van der Waals surface area contributed by atoms with Gasteiger partial charge in [-0.05, 0) is 6.42 Å². The van der Waals surface area contributed by atoms with Crippen molar-refractivity contribution in [1.82, 2.24) is 5.32 Å². The van der Waals surface area contributed by atoms with Gasteiger partial charge in [-0.1, -0.05) is 39.0 Å². The van der Waals surface area contributed by atoms with Crippen LogP contribution < -0.4 is 5.32 Å². The van der Waals surface area contributed by atoms with Crippen molar-refractivity contribution in [3.05, 3.63) is 0 Å². The van der Waals surface area contributed by atoms with Gasteiger partial charge >= 0.3 is 30.0 Å². The van der Waals surface area contributed by atoms with Crippen LogP contribution >= 0.6 is 0 Å². The predicted octanol–water partition coefficient (Wildman–Crippen LogP) is 6.00. The Morgan fingerprint density at radius 1 is 0.600 bits per heavy atom. The molecule has 0 saturated carbocycles. The topological polar surface area (TPSA) is 12.0 Å². The van der Waals surface area contributed by atoms with E-state index in [-0.39, 0.29) is 12.8 Å². The molecule has 0 aromatic carbocycles. The van der Waals surface area contributed by atoms with Crippen molar-refractivity contribution < 1.29 is 48.3 Å². The molecule has 1 nitrogen and oxygen atoms in total. The number of hydrogen-bond donors (Lipinski definition) is 1. The van der Waals surface area contributed by atoms with Crippen molar-refractivity contribution in [2.24, 2.45) is 0 Å². The quantitative estimate of drug-likeness (QED) is 0.271. The molecule has 0 unspecified atom stereocenters. The molecule has 0 aromatic heterocycles. The molecule has 0 atom stereocenters. The molecule has 0 rings (SSSR count). The molecule has 0 saturated heterocycles. The number of unbranched alkanes of at least 4 members (excludes halogenated alkanes) is 5. The summed E-state index contributed by atoms with van der Waals surface area (Å²) in [5.74, 6) is -7.10. The maximum atomic E-state index is 13.3. The van der Waals surface area contributed by atoms with Gasteiger partial charge in [0.05, 0.1) is 0 Å². The first-order chi connectivity index (χ1) is 11.1. The van der Waals surface area contributed by atoms with Crippen molar-refractivity contribution in [2.75, 3.05) is 6.54 Å². The highest BCUT2D eigenvalue weighted by Gasteiger charge is 2.90. The minimum absolute atomic E-state index is 0.202. The SMILES string of the molecule is CCCCCCCCNC(F)(F)C(F)(F)C(F)(C(F)(F)F)C(F)(F)F. The number of hydrogen-bond acceptors (Lipinski definition) is 1. The molecule has 0 aliphatic rings. The number of alkyl halides is 11. The molecular weight excluding hydrogens is 379 g/mol. The Kier molecular flexibility index (Phi) is 7.99. The van der Waals surface area contributed by atoms with Gasteiger partial charge in [-0.25, -0.2) is 4.39 Å². The zero-order valence-electron chi connectivity index (χ0n) is 13.1. The van der Waals surface area contributed by atoms with Gasteiger partial charge < -0.3 is 0 Å². The summed E-state index contributed by atoms with van der Waals surface area (Å²) in [6.45, 7) is 0.884. The van der Waals surface area contributed by atoms with Crippen molar-refractivity contribution in [3.8, 4) is 0 Å². The summed E-state index contributed by atoms with van der Waals surface area (Å²) in [5, 5.41) is 0.617. The Morgan fingerprint density at radius 2 is 1.00 bits per heavy atom. The first-order valence-electron chi connectivity index (χ1n) is 7.39. The normalized spacial score (nSPS) is 14.9. The molecule has 0 aliphatic heterocycles. The van der Waals surface area contributed by atoms with Gasteiger partial charge in [0, 0.05) is 6.54 Å². The van der Waals surface area contributed by atoms with E-state index in [0.717, 1.165) is 12.8 Å². The lowest BCUT2D eigenvalue weighted by atomic mass is 9.93. The van der Waals surface area contributed by atoms with Gasteiger partial charge in [0.15, 0.2) is 0 Å². The zero-order chi connectivity index (χ0) is 20.2. The van der Waals surface area contributed by atoms with Crippen LogP contribution in [-0.2, 0) is 0 Å². The van der Waals surface area contributed by atoms with Crippen molar-refractivity contribution in [1.29, 1.82) is 0 Å². The number of halogens is 11. The van der Waals surface area contributed by atoms with E-state index in [1.165, 1.54) is 0 Å². The van der Waals surface area contributed by atoms with E-state index in [1.807, 2.05) is 6.92 Å². The fraction of sp³-hybridized carbons (Fsp3) is 1.00. The highest BCUT2D eigenvalue weighted by atomic mass is 19.4. The lowest BCUT2D eigenvalue weighted by molar-refractivity contribution is -0.429. The zero-order valence-corrected chi connectivity index (χ0v) is 13.1. The van der Waals surface area contributed by atoms with E-state index in [2.05, 4.69) is 0 Å². The standard InChI is InChI=1S/C13H18F11N/c1-2-3-4-5-6-7-8-25-13(23,24)10(15,16)9(14,11(17,18)19)12(20,21)22/h25H,2-8H2,1H3. The van der Waals surface area contributed by atoms with Gasteiger partial charge in [0.2, 0.25) is 0 Å². The van der Waals surface area contributed by atoms with Crippen LogP contribution in [0.4, 0.5) is 48.3 Å². The second-order valence-electron chi connectivity index (χ2n) is 5.50. The molecule has 0 spiro atoms. The highest BCUT2D eigenvalue weighted by molar-refractivity contribution is 5.10. The van der Waals surface area contributed by atoms with Crippen LogP contribution in [0.3, 0.4) is 0 Å². The van der Waals surface area contributed by atoms with Crippen LogP contribution in [0.5, 0.6) is 0 Å². The molecule has 152 valence electrons. The third-order valence-corrected chi connectivity index (χ3v) is 3.49. The molecule has 1 N–H and O–H groups in total. The average Bonchev–Trinajstić information content (AvgIpc) is 2.42. The van der Waals surface area contributed by atoms with Crippen LogP contribution in [-0.4, -0.2) is 36.5 Å². The maximum absolute atomic E-state index is 13.3. The van der Waals surface area contributed by atoms with E-state index in [9.17, 15) is 48.3 Å². The van der Waals surface area contributed by atoms with Gasteiger partial charge in [0.25, 0.3) is 0 Å². The summed E-state index contributed by atoms with van der Waals surface area (Å²) in [6.07, 6.45) is -11.6. The predicted molar refractivity (Wildman–Crippen MR) is 67.2 cm³/mol. The van der Waals surface area contributed by atoms with E-state index in [0.29, 0.717) is 18.2 Å². The average molecular weight is 397 g/mol. The summed E-state index contributed by atoms with van der Waals surface area (Å²) >= 11 is 0. The summed E-state index contributed by atoms with van der Waals surface area (Å²) in [6, 6.07) is -6.06. The lowest BCUT2D eigenvalue weighted by Gasteiger charge is -2.39. The van der Waals surface area contributed by atoms with Gasteiger partial charge in [0.1, 0.15) is 0 Å². The monoisotopic (exact) mass is 397 g/mol. The molecular formula is C13H18F11N. The molecule has 0 aromatic rings. The summed E-state index contributed by atoms with van der Waals surface area (Å²) in [5.41, 5.74) is -7.40. The summed E-state index contributed by atoms with van der Waals surface area (Å²) in [7, 11) is 0. The van der Waals surface area contributed by atoms with E-state index >= 15 is 0 Å². The molecule has 0 fully saturated rings. The Hall–Kier alpha value is -0.810. The van der Waals surface area contributed by atoms with Gasteiger partial charge in [-0.2, -0.15) is 43.9 Å². The molecule has 0 heterocycles. The van der Waals surface area contributed by atoms with E-state index in [1.54, 1.807) is 0 Å². The van der Waals surface area contributed by atoms with Crippen LogP contribution in [0.25, 0.3) is 0 Å². The molecule has 25 heavy (non-hydrogen) atoms. The fourth-order valence-corrected chi connectivity index (χ4v) is 1.99. The Morgan fingerprint density at radius 3 is 1.40 bits per heavy atom. The van der Waals surface area contributed by atoms with Gasteiger partial charge in [-0.15, -0.1) is 0 Å². The van der Waals surface area contributed by atoms with Crippen LogP contribution in [0.1, 0.15) is 45.4 Å². The summed E-state index contributed by atoms with van der Waals surface area (Å²) < 4.78 is 140. The molecule has 12 heteroatoms. The van der Waals surface area contributed by atoms with Crippen LogP contribution in [0.15, 0.2) is 0 Å². The molecule has 0 radical (unpaired) electrons. The first kappa shape index (κ1) is 24.2. The number of rotatable bonds is 10. The minimum atomic E-state index is -7.40. The van der Waals surface area contributed by atoms with Crippen molar-refractivity contribution >= 4 is 0 Å². The largest absolute Gasteiger partial charge is 0.438 e. The molecule has 0 bridgehead atoms. The van der Waals surface area contributed by atoms with Crippen molar-refractivity contribution in [2.45, 2.75) is 75.4 Å².